The van der Waals surface area contributed by atoms with Crippen molar-refractivity contribution < 1.29 is 0 Å². The van der Waals surface area contributed by atoms with E-state index in [1.807, 2.05) is 54.8 Å². The molecule has 0 unspecified atom stereocenters. The van der Waals surface area contributed by atoms with Gasteiger partial charge in [0.15, 0.2) is 5.13 Å². The normalized spacial score (nSPS) is 10.5. The number of aryl methyl sites for hydroxylation is 1. The maximum absolute atomic E-state index is 6.18. The number of nitrogens with zero attached hydrogens (tertiary/aromatic N) is 2. The zero-order valence-electron chi connectivity index (χ0n) is 10.8. The molecule has 0 spiro atoms. The maximum atomic E-state index is 6.18. The Morgan fingerprint density at radius 1 is 1.05 bits per heavy atom. The van der Waals surface area contributed by atoms with E-state index in [2.05, 4.69) is 15.3 Å². The van der Waals surface area contributed by atoms with Crippen LogP contribution in [0.3, 0.4) is 0 Å². The van der Waals surface area contributed by atoms with Crippen LogP contribution in [0.2, 0.25) is 5.02 Å². The first-order valence-corrected chi connectivity index (χ1v) is 7.39. The molecule has 1 N–H and O–H groups in total. The van der Waals surface area contributed by atoms with Crippen LogP contribution in [0.1, 0.15) is 5.69 Å². The Morgan fingerprint density at radius 2 is 1.90 bits per heavy atom. The standard InChI is InChI=1S/C15H12ClN3S/c1-10-5-4-8-14(17-10)19-15-18-13(9-20-15)11-6-2-3-7-12(11)16/h2-9H,1H3,(H,17,18,19). The third-order valence-electron chi connectivity index (χ3n) is 2.78. The van der Waals surface area contributed by atoms with Gasteiger partial charge in [0.2, 0.25) is 0 Å². The molecule has 2 aromatic heterocycles. The van der Waals surface area contributed by atoms with Crippen LogP contribution in [0.4, 0.5) is 10.9 Å². The minimum atomic E-state index is 0.707. The van der Waals surface area contributed by atoms with E-state index in [0.29, 0.717) is 5.02 Å². The number of hydrogen-bond donors (Lipinski definition) is 1. The molecule has 20 heavy (non-hydrogen) atoms. The lowest BCUT2D eigenvalue weighted by atomic mass is 10.2. The van der Waals surface area contributed by atoms with Gasteiger partial charge in [0.05, 0.1) is 5.69 Å². The molecule has 0 radical (unpaired) electrons. The highest BCUT2D eigenvalue weighted by Gasteiger charge is 2.08. The second-order valence-electron chi connectivity index (χ2n) is 4.31. The Kier molecular flexibility index (Phi) is 3.67. The van der Waals surface area contributed by atoms with Crippen molar-refractivity contribution in [1.29, 1.82) is 0 Å². The Morgan fingerprint density at radius 3 is 2.70 bits per heavy atom. The van der Waals surface area contributed by atoms with Crippen LogP contribution in [0.15, 0.2) is 47.8 Å². The van der Waals surface area contributed by atoms with Crippen molar-refractivity contribution in [2.45, 2.75) is 6.92 Å². The number of hydrogen-bond acceptors (Lipinski definition) is 4. The average Bonchev–Trinajstić information content (AvgIpc) is 2.87. The summed E-state index contributed by atoms with van der Waals surface area (Å²) in [6.07, 6.45) is 0. The Balaban J connectivity index is 1.86. The summed E-state index contributed by atoms with van der Waals surface area (Å²) in [6.45, 7) is 1.96. The van der Waals surface area contributed by atoms with Gasteiger partial charge in [0.25, 0.3) is 0 Å². The third-order valence-corrected chi connectivity index (χ3v) is 3.86. The summed E-state index contributed by atoms with van der Waals surface area (Å²) in [5.74, 6) is 0.796. The molecule has 2 heterocycles. The van der Waals surface area contributed by atoms with Crippen LogP contribution < -0.4 is 5.32 Å². The van der Waals surface area contributed by atoms with Gasteiger partial charge in [-0.15, -0.1) is 11.3 Å². The lowest BCUT2D eigenvalue weighted by Gasteiger charge is -2.02. The smallest absolute Gasteiger partial charge is 0.188 e. The maximum Gasteiger partial charge on any atom is 0.188 e. The van der Waals surface area contributed by atoms with E-state index in [0.717, 1.165) is 27.9 Å². The summed E-state index contributed by atoms with van der Waals surface area (Å²) < 4.78 is 0. The highest BCUT2D eigenvalue weighted by molar-refractivity contribution is 7.14. The second kappa shape index (κ2) is 5.61. The van der Waals surface area contributed by atoms with Crippen molar-refractivity contribution in [2.24, 2.45) is 0 Å². The molecule has 0 aliphatic carbocycles. The number of pyridine rings is 1. The molecule has 0 saturated heterocycles. The molecule has 3 nitrogen and oxygen atoms in total. The summed E-state index contributed by atoms with van der Waals surface area (Å²) in [5, 5.41) is 6.70. The van der Waals surface area contributed by atoms with Gasteiger partial charge in [0.1, 0.15) is 5.82 Å². The molecule has 3 aromatic rings. The van der Waals surface area contributed by atoms with Crippen molar-refractivity contribution in [3.63, 3.8) is 0 Å². The van der Waals surface area contributed by atoms with Crippen molar-refractivity contribution in [1.82, 2.24) is 9.97 Å². The van der Waals surface area contributed by atoms with E-state index in [1.165, 1.54) is 11.3 Å². The number of anilines is 2. The zero-order chi connectivity index (χ0) is 13.9. The summed E-state index contributed by atoms with van der Waals surface area (Å²) >= 11 is 7.71. The topological polar surface area (TPSA) is 37.8 Å². The lowest BCUT2D eigenvalue weighted by molar-refractivity contribution is 1.19. The molecule has 1 aromatic carbocycles. The van der Waals surface area contributed by atoms with E-state index in [4.69, 9.17) is 11.6 Å². The number of rotatable bonds is 3. The SMILES string of the molecule is Cc1cccc(Nc2nc(-c3ccccc3Cl)cs2)n1. The van der Waals surface area contributed by atoms with E-state index in [-0.39, 0.29) is 0 Å². The van der Waals surface area contributed by atoms with Gasteiger partial charge in [-0.2, -0.15) is 0 Å². The number of aromatic nitrogens is 2. The number of thiazole rings is 1. The second-order valence-corrected chi connectivity index (χ2v) is 5.57. The third kappa shape index (κ3) is 2.81. The van der Waals surface area contributed by atoms with E-state index in [1.54, 1.807) is 0 Å². The molecular weight excluding hydrogens is 290 g/mol. The van der Waals surface area contributed by atoms with E-state index in [9.17, 15) is 0 Å². The summed E-state index contributed by atoms with van der Waals surface area (Å²) in [7, 11) is 0. The number of benzene rings is 1. The fourth-order valence-electron chi connectivity index (χ4n) is 1.85. The first-order chi connectivity index (χ1) is 9.72. The summed E-state index contributed by atoms with van der Waals surface area (Å²) in [4.78, 5) is 8.95. The van der Waals surface area contributed by atoms with Crippen LogP contribution >= 0.6 is 22.9 Å². The van der Waals surface area contributed by atoms with Gasteiger partial charge < -0.3 is 5.32 Å². The zero-order valence-corrected chi connectivity index (χ0v) is 12.4. The minimum Gasteiger partial charge on any atom is -0.316 e. The highest BCUT2D eigenvalue weighted by atomic mass is 35.5. The lowest BCUT2D eigenvalue weighted by Crippen LogP contribution is -1.93. The largest absolute Gasteiger partial charge is 0.316 e. The fraction of sp³-hybridized carbons (Fsp3) is 0.0667. The van der Waals surface area contributed by atoms with Crippen LogP contribution in [0.5, 0.6) is 0 Å². The molecule has 0 atom stereocenters. The van der Waals surface area contributed by atoms with Gasteiger partial charge in [-0.3, -0.25) is 0 Å². The predicted molar refractivity (Wildman–Crippen MR) is 84.8 cm³/mol. The molecular formula is C15H12ClN3S. The average molecular weight is 302 g/mol. The quantitative estimate of drug-likeness (QED) is 0.747. The molecule has 5 heteroatoms. The van der Waals surface area contributed by atoms with E-state index >= 15 is 0 Å². The molecule has 100 valence electrons. The predicted octanol–water partition coefficient (Wildman–Crippen LogP) is 4.91. The highest BCUT2D eigenvalue weighted by Crippen LogP contribution is 2.31. The molecule has 0 fully saturated rings. The van der Waals surface area contributed by atoms with Crippen LogP contribution in [0.25, 0.3) is 11.3 Å². The van der Waals surface area contributed by atoms with Crippen LogP contribution in [0, 0.1) is 6.92 Å². The minimum absolute atomic E-state index is 0.707. The van der Waals surface area contributed by atoms with Gasteiger partial charge in [0, 0.05) is 21.7 Å². The molecule has 0 saturated carbocycles. The first-order valence-electron chi connectivity index (χ1n) is 6.13. The Bertz CT molecular complexity index is 739. The van der Waals surface area contributed by atoms with Crippen LogP contribution in [-0.4, -0.2) is 9.97 Å². The fourth-order valence-corrected chi connectivity index (χ4v) is 2.80. The van der Waals surface area contributed by atoms with Crippen molar-refractivity contribution in [2.75, 3.05) is 5.32 Å². The number of nitrogens with one attached hydrogen (secondary N) is 1. The molecule has 0 aliphatic heterocycles. The number of halogens is 1. The Hall–Kier alpha value is -1.91. The van der Waals surface area contributed by atoms with Gasteiger partial charge >= 0.3 is 0 Å². The van der Waals surface area contributed by atoms with Gasteiger partial charge in [-0.1, -0.05) is 35.9 Å². The summed E-state index contributed by atoms with van der Waals surface area (Å²) in [6, 6.07) is 13.5. The van der Waals surface area contributed by atoms with Gasteiger partial charge in [-0.25, -0.2) is 9.97 Å². The molecule has 3 rings (SSSR count). The molecule has 0 bridgehead atoms. The van der Waals surface area contributed by atoms with Crippen molar-refractivity contribution >= 4 is 33.9 Å². The monoisotopic (exact) mass is 301 g/mol. The van der Waals surface area contributed by atoms with Gasteiger partial charge in [-0.05, 0) is 25.1 Å². The molecule has 0 amide bonds. The summed E-state index contributed by atoms with van der Waals surface area (Å²) in [5.41, 5.74) is 2.78. The van der Waals surface area contributed by atoms with Crippen LogP contribution in [-0.2, 0) is 0 Å². The van der Waals surface area contributed by atoms with Crippen molar-refractivity contribution in [3.05, 3.63) is 58.6 Å². The first kappa shape index (κ1) is 13.1. The Labute approximate surface area is 126 Å². The van der Waals surface area contributed by atoms with Crippen molar-refractivity contribution in [3.8, 4) is 11.3 Å². The van der Waals surface area contributed by atoms with E-state index < -0.39 is 0 Å². The molecule has 0 aliphatic rings.